The quantitative estimate of drug-likeness (QED) is 0.854. The van der Waals surface area contributed by atoms with Gasteiger partial charge in [-0.15, -0.1) is 0 Å². The van der Waals surface area contributed by atoms with Crippen molar-refractivity contribution in [2.75, 3.05) is 0 Å². The number of aromatic nitrogens is 1. The van der Waals surface area contributed by atoms with Crippen molar-refractivity contribution in [1.29, 1.82) is 0 Å². The Morgan fingerprint density at radius 3 is 2.33 bits per heavy atom. The van der Waals surface area contributed by atoms with Gasteiger partial charge in [-0.05, 0) is 35.1 Å². The van der Waals surface area contributed by atoms with Gasteiger partial charge in [-0.1, -0.05) is 33.8 Å². The molecule has 0 radical (unpaired) electrons. The zero-order valence-electron chi connectivity index (χ0n) is 11.2. The molecule has 0 aliphatic heterocycles. The van der Waals surface area contributed by atoms with Crippen LogP contribution in [0.25, 0.3) is 10.9 Å². The van der Waals surface area contributed by atoms with E-state index in [4.69, 9.17) is 0 Å². The number of hydrogen-bond acceptors (Lipinski definition) is 1. The summed E-state index contributed by atoms with van der Waals surface area (Å²) in [6, 6.07) is 6.14. The van der Waals surface area contributed by atoms with Gasteiger partial charge < -0.3 is 10.1 Å². The van der Waals surface area contributed by atoms with Crippen molar-refractivity contribution in [3.8, 4) is 0 Å². The van der Waals surface area contributed by atoms with Crippen LogP contribution >= 0.6 is 0 Å². The zero-order chi connectivity index (χ0) is 13.4. The van der Waals surface area contributed by atoms with Crippen LogP contribution in [0.15, 0.2) is 18.2 Å². The molecule has 3 heteroatoms. The molecule has 0 bridgehead atoms. The number of hydrogen-bond donors (Lipinski definition) is 2. The molecule has 3 nitrogen and oxygen atoms in total. The van der Waals surface area contributed by atoms with E-state index in [2.05, 4.69) is 31.0 Å². The van der Waals surface area contributed by atoms with Crippen molar-refractivity contribution in [1.82, 2.24) is 4.98 Å². The topological polar surface area (TPSA) is 53.1 Å². The van der Waals surface area contributed by atoms with E-state index in [0.717, 1.165) is 16.5 Å². The fourth-order valence-electron chi connectivity index (χ4n) is 2.36. The summed E-state index contributed by atoms with van der Waals surface area (Å²) in [5, 5.41) is 10.3. The largest absolute Gasteiger partial charge is 0.477 e. The SMILES string of the molecule is CC(C)c1ccc2[nH]c(C(=O)O)c(C(C)C)c2c1. The molecule has 18 heavy (non-hydrogen) atoms. The van der Waals surface area contributed by atoms with Gasteiger partial charge in [0.25, 0.3) is 0 Å². The lowest BCUT2D eigenvalue weighted by Crippen LogP contribution is -2.02. The summed E-state index contributed by atoms with van der Waals surface area (Å²) in [5.41, 5.74) is 3.36. The standard InChI is InChI=1S/C15H19NO2/c1-8(2)10-5-6-12-11(7-10)13(9(3)4)14(16-12)15(17)18/h5-9,16H,1-4H3,(H,17,18). The Bertz CT molecular complexity index is 594. The summed E-state index contributed by atoms with van der Waals surface area (Å²) >= 11 is 0. The van der Waals surface area contributed by atoms with Gasteiger partial charge >= 0.3 is 5.97 Å². The molecule has 1 heterocycles. The molecule has 0 fully saturated rings. The number of rotatable bonds is 3. The fourth-order valence-corrected chi connectivity index (χ4v) is 2.36. The third-order valence-electron chi connectivity index (χ3n) is 3.32. The van der Waals surface area contributed by atoms with Crippen LogP contribution in [0, 0.1) is 0 Å². The first-order valence-electron chi connectivity index (χ1n) is 6.30. The smallest absolute Gasteiger partial charge is 0.352 e. The number of benzene rings is 1. The lowest BCUT2D eigenvalue weighted by atomic mass is 9.95. The molecule has 0 spiro atoms. The normalized spacial score (nSPS) is 11.7. The monoisotopic (exact) mass is 245 g/mol. The molecule has 2 N–H and O–H groups in total. The third-order valence-corrected chi connectivity index (χ3v) is 3.32. The fraction of sp³-hybridized carbons (Fsp3) is 0.400. The number of carboxylic acid groups (broad SMARTS) is 1. The van der Waals surface area contributed by atoms with Gasteiger partial charge in [-0.3, -0.25) is 0 Å². The molecule has 0 unspecified atom stereocenters. The molecule has 0 saturated carbocycles. The van der Waals surface area contributed by atoms with Gasteiger partial charge in [0.1, 0.15) is 5.69 Å². The maximum Gasteiger partial charge on any atom is 0.352 e. The Labute approximate surface area is 107 Å². The van der Waals surface area contributed by atoms with E-state index >= 15 is 0 Å². The Morgan fingerprint density at radius 1 is 1.17 bits per heavy atom. The highest BCUT2D eigenvalue weighted by atomic mass is 16.4. The summed E-state index contributed by atoms with van der Waals surface area (Å²) in [4.78, 5) is 14.3. The summed E-state index contributed by atoms with van der Waals surface area (Å²) in [7, 11) is 0. The van der Waals surface area contributed by atoms with E-state index in [1.165, 1.54) is 5.56 Å². The van der Waals surface area contributed by atoms with Crippen molar-refractivity contribution in [2.45, 2.75) is 39.5 Å². The molecule has 1 aromatic heterocycles. The van der Waals surface area contributed by atoms with Crippen molar-refractivity contribution in [3.63, 3.8) is 0 Å². The van der Waals surface area contributed by atoms with Crippen molar-refractivity contribution in [2.24, 2.45) is 0 Å². The number of nitrogens with one attached hydrogen (secondary N) is 1. The highest BCUT2D eigenvalue weighted by Gasteiger charge is 2.19. The second kappa shape index (κ2) is 4.48. The number of aromatic carboxylic acids is 1. The lowest BCUT2D eigenvalue weighted by Gasteiger charge is -2.08. The molecule has 0 aliphatic rings. The maximum atomic E-state index is 11.3. The highest BCUT2D eigenvalue weighted by molar-refractivity contribution is 5.98. The summed E-state index contributed by atoms with van der Waals surface area (Å²) in [6.07, 6.45) is 0. The van der Waals surface area contributed by atoms with Gasteiger partial charge in [-0.2, -0.15) is 0 Å². The Hall–Kier alpha value is -1.77. The van der Waals surface area contributed by atoms with Crippen LogP contribution < -0.4 is 0 Å². The van der Waals surface area contributed by atoms with Crippen LogP contribution in [-0.4, -0.2) is 16.1 Å². The number of fused-ring (bicyclic) bond motifs is 1. The van der Waals surface area contributed by atoms with Crippen molar-refractivity contribution in [3.05, 3.63) is 35.0 Å². The zero-order valence-corrected chi connectivity index (χ0v) is 11.2. The first-order chi connectivity index (χ1) is 8.41. The van der Waals surface area contributed by atoms with Crippen LogP contribution in [0.1, 0.15) is 61.1 Å². The second-order valence-electron chi connectivity index (χ2n) is 5.33. The van der Waals surface area contributed by atoms with E-state index in [0.29, 0.717) is 11.6 Å². The van der Waals surface area contributed by atoms with Crippen molar-refractivity contribution < 1.29 is 9.90 Å². The Kier molecular flexibility index (Phi) is 3.16. The molecule has 0 amide bonds. The number of aromatic amines is 1. The summed E-state index contributed by atoms with van der Waals surface area (Å²) < 4.78 is 0. The molecule has 2 aromatic rings. The molecular formula is C15H19NO2. The van der Waals surface area contributed by atoms with Crippen molar-refractivity contribution >= 4 is 16.9 Å². The molecule has 1 aromatic carbocycles. The predicted molar refractivity (Wildman–Crippen MR) is 73.4 cm³/mol. The van der Waals surface area contributed by atoms with Gasteiger partial charge in [-0.25, -0.2) is 4.79 Å². The molecule has 96 valence electrons. The van der Waals surface area contributed by atoms with Crippen LogP contribution in [0.4, 0.5) is 0 Å². The van der Waals surface area contributed by atoms with E-state index in [9.17, 15) is 9.90 Å². The Morgan fingerprint density at radius 2 is 1.83 bits per heavy atom. The van der Waals surface area contributed by atoms with Crippen LogP contribution in [0.2, 0.25) is 0 Å². The van der Waals surface area contributed by atoms with Gasteiger partial charge in [0, 0.05) is 10.9 Å². The number of carbonyl (C=O) groups is 1. The van der Waals surface area contributed by atoms with E-state index in [-0.39, 0.29) is 5.92 Å². The highest BCUT2D eigenvalue weighted by Crippen LogP contribution is 2.31. The molecule has 0 saturated heterocycles. The molecule has 0 aliphatic carbocycles. The lowest BCUT2D eigenvalue weighted by molar-refractivity contribution is 0.0690. The van der Waals surface area contributed by atoms with E-state index < -0.39 is 5.97 Å². The number of H-pyrrole nitrogens is 1. The summed E-state index contributed by atoms with van der Waals surface area (Å²) in [6.45, 7) is 8.33. The van der Waals surface area contributed by atoms with Crippen LogP contribution in [0.5, 0.6) is 0 Å². The first kappa shape index (κ1) is 12.7. The Balaban J connectivity index is 2.75. The molecular weight excluding hydrogens is 226 g/mol. The first-order valence-corrected chi connectivity index (χ1v) is 6.30. The average Bonchev–Trinajstić information content (AvgIpc) is 2.66. The molecule has 2 rings (SSSR count). The van der Waals surface area contributed by atoms with E-state index in [1.807, 2.05) is 19.9 Å². The third kappa shape index (κ3) is 2.01. The predicted octanol–water partition coefficient (Wildman–Crippen LogP) is 4.11. The maximum absolute atomic E-state index is 11.3. The average molecular weight is 245 g/mol. The van der Waals surface area contributed by atoms with E-state index in [1.54, 1.807) is 0 Å². The minimum Gasteiger partial charge on any atom is -0.477 e. The minimum absolute atomic E-state index is 0.187. The second-order valence-corrected chi connectivity index (χ2v) is 5.33. The summed E-state index contributed by atoms with van der Waals surface area (Å²) in [5.74, 6) is -0.258. The van der Waals surface area contributed by atoms with Crippen LogP contribution in [0.3, 0.4) is 0 Å². The minimum atomic E-state index is -0.888. The van der Waals surface area contributed by atoms with Gasteiger partial charge in [0.2, 0.25) is 0 Å². The van der Waals surface area contributed by atoms with Crippen LogP contribution in [-0.2, 0) is 0 Å². The van der Waals surface area contributed by atoms with Gasteiger partial charge in [0.15, 0.2) is 0 Å². The molecule has 0 atom stereocenters. The van der Waals surface area contributed by atoms with Gasteiger partial charge in [0.05, 0.1) is 0 Å². The number of carboxylic acids is 1.